The Kier molecular flexibility index (Phi) is 7.44. The first-order valence-corrected chi connectivity index (χ1v) is 9.89. The molecule has 0 saturated carbocycles. The summed E-state index contributed by atoms with van der Waals surface area (Å²) in [5.74, 6) is -3.36. The van der Waals surface area contributed by atoms with E-state index in [1.165, 1.54) is 37.3 Å². The van der Waals surface area contributed by atoms with Gasteiger partial charge in [0.1, 0.15) is 6.42 Å². The number of nitrogens with zero attached hydrogens (tertiary/aromatic N) is 5. The Hall–Kier alpha value is -4.87. The Morgan fingerprint density at radius 1 is 1.15 bits per heavy atom. The van der Waals surface area contributed by atoms with Gasteiger partial charge in [-0.1, -0.05) is 30.3 Å². The van der Waals surface area contributed by atoms with E-state index in [9.17, 15) is 29.3 Å². The highest BCUT2D eigenvalue weighted by Gasteiger charge is 2.38. The van der Waals surface area contributed by atoms with Crippen LogP contribution in [-0.2, 0) is 19.2 Å². The van der Waals surface area contributed by atoms with Gasteiger partial charge in [-0.2, -0.15) is 20.3 Å². The molecule has 0 saturated heterocycles. The number of benzene rings is 2. The van der Waals surface area contributed by atoms with Crippen molar-refractivity contribution in [2.75, 3.05) is 0 Å². The van der Waals surface area contributed by atoms with Crippen molar-refractivity contribution in [2.24, 2.45) is 15.3 Å². The van der Waals surface area contributed by atoms with Gasteiger partial charge in [-0.05, 0) is 30.7 Å². The van der Waals surface area contributed by atoms with E-state index in [4.69, 9.17) is 0 Å². The van der Waals surface area contributed by atoms with Gasteiger partial charge in [-0.3, -0.25) is 34.6 Å². The molecule has 172 valence electrons. The number of rotatable bonds is 7. The molecule has 1 N–H and O–H groups in total. The van der Waals surface area contributed by atoms with Crippen molar-refractivity contribution in [3.63, 3.8) is 0 Å². The van der Waals surface area contributed by atoms with Crippen LogP contribution in [0.15, 0.2) is 76.0 Å². The maximum atomic E-state index is 12.5. The fraction of sp³-hybridized carbons (Fsp3) is 0.136. The molecule has 1 atom stereocenters. The van der Waals surface area contributed by atoms with Crippen molar-refractivity contribution in [2.45, 2.75) is 19.4 Å². The predicted octanol–water partition coefficient (Wildman–Crippen LogP) is 2.54. The average molecular weight is 462 g/mol. The van der Waals surface area contributed by atoms with E-state index in [0.29, 0.717) is 5.01 Å². The zero-order valence-electron chi connectivity index (χ0n) is 17.8. The highest BCUT2D eigenvalue weighted by atomic mass is 16.6. The molecule has 4 amide bonds. The Balaban J connectivity index is 1.55. The SMILES string of the molecule is CC1=NN(C(=O)CC(=O)NC(=O)/C=C/c2ccccc2)C(=O)C1N=Nc1ccc([N+](=O)[O-])cc1. The minimum atomic E-state index is -1.18. The van der Waals surface area contributed by atoms with Gasteiger partial charge < -0.3 is 0 Å². The second kappa shape index (κ2) is 10.6. The van der Waals surface area contributed by atoms with Gasteiger partial charge in [0.05, 0.1) is 16.3 Å². The molecule has 1 aliphatic rings. The van der Waals surface area contributed by atoms with Crippen molar-refractivity contribution in [3.05, 3.63) is 76.4 Å². The number of hydrogen-bond acceptors (Lipinski definition) is 9. The van der Waals surface area contributed by atoms with E-state index < -0.39 is 41.0 Å². The molecule has 1 unspecified atom stereocenters. The number of carbonyl (C=O) groups is 4. The van der Waals surface area contributed by atoms with Crippen molar-refractivity contribution in [1.82, 2.24) is 10.3 Å². The standard InChI is InChI=1S/C22H18N6O6/c1-14-21(25-24-16-8-10-17(11-9-16)28(33)34)22(32)27(26-14)20(31)13-19(30)23-18(29)12-7-15-5-3-2-4-6-15/h2-12,21H,13H2,1H3,(H,23,29,30)/b12-7+,25-24?. The van der Waals surface area contributed by atoms with Crippen molar-refractivity contribution in [3.8, 4) is 0 Å². The maximum Gasteiger partial charge on any atom is 0.282 e. The Morgan fingerprint density at radius 2 is 1.82 bits per heavy atom. The van der Waals surface area contributed by atoms with E-state index >= 15 is 0 Å². The van der Waals surface area contributed by atoms with Crippen LogP contribution in [0.1, 0.15) is 18.9 Å². The van der Waals surface area contributed by atoms with Crippen LogP contribution in [0, 0.1) is 10.1 Å². The molecule has 2 aromatic carbocycles. The van der Waals surface area contributed by atoms with Gasteiger partial charge in [-0.25, -0.2) is 0 Å². The lowest BCUT2D eigenvalue weighted by Crippen LogP contribution is -2.38. The number of imide groups is 2. The number of amides is 4. The lowest BCUT2D eigenvalue weighted by molar-refractivity contribution is -0.384. The molecule has 3 rings (SSSR count). The third-order valence-electron chi connectivity index (χ3n) is 4.48. The van der Waals surface area contributed by atoms with Crippen LogP contribution in [0.4, 0.5) is 11.4 Å². The minimum Gasteiger partial charge on any atom is -0.292 e. The van der Waals surface area contributed by atoms with Crippen molar-refractivity contribution >= 4 is 46.8 Å². The summed E-state index contributed by atoms with van der Waals surface area (Å²) in [4.78, 5) is 58.9. The number of carbonyl (C=O) groups excluding carboxylic acids is 4. The normalized spacial score (nSPS) is 15.6. The highest BCUT2D eigenvalue weighted by Crippen LogP contribution is 2.20. The summed E-state index contributed by atoms with van der Waals surface area (Å²) in [6, 6.07) is 12.9. The number of azo groups is 1. The van der Waals surface area contributed by atoms with Gasteiger partial charge in [0.2, 0.25) is 5.91 Å². The largest absolute Gasteiger partial charge is 0.292 e. The van der Waals surface area contributed by atoms with Gasteiger partial charge in [0.15, 0.2) is 6.04 Å². The van der Waals surface area contributed by atoms with E-state index in [-0.39, 0.29) is 17.1 Å². The second-order valence-electron chi connectivity index (χ2n) is 7.01. The van der Waals surface area contributed by atoms with E-state index in [0.717, 1.165) is 11.6 Å². The lowest BCUT2D eigenvalue weighted by Gasteiger charge is -2.10. The zero-order valence-corrected chi connectivity index (χ0v) is 17.8. The summed E-state index contributed by atoms with van der Waals surface area (Å²) >= 11 is 0. The Bertz CT molecular complexity index is 1220. The van der Waals surface area contributed by atoms with Crippen LogP contribution in [0.25, 0.3) is 6.08 Å². The third kappa shape index (κ3) is 6.09. The van der Waals surface area contributed by atoms with E-state index in [1.807, 2.05) is 11.4 Å². The topological polar surface area (TPSA) is 164 Å². The van der Waals surface area contributed by atoms with Gasteiger partial charge >= 0.3 is 0 Å². The number of nitro benzene ring substituents is 1. The smallest absolute Gasteiger partial charge is 0.282 e. The molecule has 0 bridgehead atoms. The fourth-order valence-corrected chi connectivity index (χ4v) is 2.80. The summed E-state index contributed by atoms with van der Waals surface area (Å²) in [7, 11) is 0. The summed E-state index contributed by atoms with van der Waals surface area (Å²) < 4.78 is 0. The molecular formula is C22H18N6O6. The summed E-state index contributed by atoms with van der Waals surface area (Å²) in [6.07, 6.45) is 1.87. The zero-order chi connectivity index (χ0) is 24.7. The lowest BCUT2D eigenvalue weighted by atomic mass is 10.2. The molecule has 0 spiro atoms. The molecule has 2 aromatic rings. The highest BCUT2D eigenvalue weighted by molar-refractivity contribution is 6.18. The van der Waals surface area contributed by atoms with Crippen LogP contribution in [0.5, 0.6) is 0 Å². The summed E-state index contributed by atoms with van der Waals surface area (Å²) in [5.41, 5.74) is 1.06. The number of non-ortho nitro benzene ring substituents is 1. The molecule has 34 heavy (non-hydrogen) atoms. The minimum absolute atomic E-state index is 0.127. The molecule has 1 heterocycles. The Labute approximate surface area is 192 Å². The molecule has 12 nitrogen and oxygen atoms in total. The summed E-state index contributed by atoms with van der Waals surface area (Å²) in [6.45, 7) is 1.46. The quantitative estimate of drug-likeness (QED) is 0.218. The van der Waals surface area contributed by atoms with Gasteiger partial charge in [0, 0.05) is 18.2 Å². The molecule has 0 radical (unpaired) electrons. The second-order valence-corrected chi connectivity index (χ2v) is 7.01. The van der Waals surface area contributed by atoms with Crippen LogP contribution in [-0.4, -0.2) is 45.3 Å². The fourth-order valence-electron chi connectivity index (χ4n) is 2.80. The predicted molar refractivity (Wildman–Crippen MR) is 120 cm³/mol. The summed E-state index contributed by atoms with van der Waals surface area (Å²) in [5, 5.41) is 24.8. The van der Waals surface area contributed by atoms with Crippen LogP contribution >= 0.6 is 0 Å². The molecule has 1 aliphatic heterocycles. The maximum absolute atomic E-state index is 12.5. The van der Waals surface area contributed by atoms with Crippen molar-refractivity contribution in [1.29, 1.82) is 0 Å². The molecule has 0 aromatic heterocycles. The van der Waals surface area contributed by atoms with E-state index in [2.05, 4.69) is 15.3 Å². The van der Waals surface area contributed by atoms with Crippen LogP contribution in [0.3, 0.4) is 0 Å². The van der Waals surface area contributed by atoms with Gasteiger partial charge in [0.25, 0.3) is 23.4 Å². The monoisotopic (exact) mass is 462 g/mol. The number of nitrogens with one attached hydrogen (secondary N) is 1. The third-order valence-corrected chi connectivity index (χ3v) is 4.48. The molecular weight excluding hydrogens is 444 g/mol. The molecule has 0 fully saturated rings. The average Bonchev–Trinajstić information content (AvgIpc) is 3.10. The van der Waals surface area contributed by atoms with E-state index in [1.54, 1.807) is 24.3 Å². The van der Waals surface area contributed by atoms with Crippen LogP contribution < -0.4 is 5.32 Å². The van der Waals surface area contributed by atoms with Crippen LogP contribution in [0.2, 0.25) is 0 Å². The number of hydrazone groups is 1. The first kappa shape index (κ1) is 23.8. The van der Waals surface area contributed by atoms with Crippen molar-refractivity contribution < 1.29 is 24.1 Å². The molecule has 0 aliphatic carbocycles. The van der Waals surface area contributed by atoms with Gasteiger partial charge in [-0.15, -0.1) is 0 Å². The first-order valence-electron chi connectivity index (χ1n) is 9.89. The number of hydrogen-bond donors (Lipinski definition) is 1. The number of nitro groups is 1. The molecule has 12 heteroatoms. The Morgan fingerprint density at radius 3 is 2.47 bits per heavy atom. The first-order chi connectivity index (χ1) is 16.2.